The number of aromatic nitrogens is 2. The van der Waals surface area contributed by atoms with Gasteiger partial charge in [0.2, 0.25) is 5.91 Å². The van der Waals surface area contributed by atoms with Gasteiger partial charge in [-0.25, -0.2) is 4.98 Å². The topological polar surface area (TPSA) is 57.8 Å². The summed E-state index contributed by atoms with van der Waals surface area (Å²) in [5.74, 6) is 0.444. The van der Waals surface area contributed by atoms with E-state index in [1.165, 1.54) is 17.3 Å². The van der Waals surface area contributed by atoms with E-state index in [2.05, 4.69) is 28.3 Å². The molecule has 2 rings (SSSR count). The van der Waals surface area contributed by atoms with E-state index in [4.69, 9.17) is 0 Å². The Kier molecular flexibility index (Phi) is 4.47. The van der Waals surface area contributed by atoms with Gasteiger partial charge in [-0.1, -0.05) is 24.8 Å². The Labute approximate surface area is 117 Å². The van der Waals surface area contributed by atoms with Crippen molar-refractivity contribution >= 4 is 28.7 Å². The molecule has 0 aliphatic heterocycles. The summed E-state index contributed by atoms with van der Waals surface area (Å²) in [4.78, 5) is 19.4. The number of aromatic amines is 1. The summed E-state index contributed by atoms with van der Waals surface area (Å²) in [6.45, 7) is 6.11. The third kappa shape index (κ3) is 3.73. The molecule has 0 saturated carbocycles. The van der Waals surface area contributed by atoms with Crippen molar-refractivity contribution in [2.75, 3.05) is 5.75 Å². The number of H-pyrrole nitrogens is 1. The number of aryl methyl sites for hydroxylation is 1. The third-order valence-corrected chi connectivity index (χ3v) is 3.85. The summed E-state index contributed by atoms with van der Waals surface area (Å²) in [5, 5.41) is 3.73. The van der Waals surface area contributed by atoms with E-state index in [-0.39, 0.29) is 11.9 Å². The Morgan fingerprint density at radius 3 is 3.05 bits per heavy atom. The standard InChI is InChI=1S/C14H19N3OS/c1-4-10(3)15-13(18)8-19-14-16-11-6-5-9(2)7-12(11)17-14/h5-7,10H,4,8H2,1-3H3,(H,15,18)(H,16,17)/t10-/m1/s1. The van der Waals surface area contributed by atoms with E-state index in [0.29, 0.717) is 5.75 Å². The minimum atomic E-state index is 0.0518. The van der Waals surface area contributed by atoms with Gasteiger partial charge in [0.15, 0.2) is 5.16 Å². The number of thioether (sulfide) groups is 1. The van der Waals surface area contributed by atoms with Crippen LogP contribution in [0.15, 0.2) is 23.4 Å². The maximum atomic E-state index is 11.7. The molecule has 0 spiro atoms. The lowest BCUT2D eigenvalue weighted by Gasteiger charge is -2.10. The molecule has 0 fully saturated rings. The maximum absolute atomic E-state index is 11.7. The fourth-order valence-electron chi connectivity index (χ4n) is 1.72. The molecule has 2 N–H and O–H groups in total. The number of nitrogens with one attached hydrogen (secondary N) is 2. The van der Waals surface area contributed by atoms with Crippen molar-refractivity contribution in [3.63, 3.8) is 0 Å². The molecule has 5 heteroatoms. The molecule has 1 amide bonds. The van der Waals surface area contributed by atoms with Gasteiger partial charge < -0.3 is 10.3 Å². The predicted octanol–water partition coefficient (Wildman–Crippen LogP) is 2.88. The first kappa shape index (κ1) is 13.9. The quantitative estimate of drug-likeness (QED) is 0.826. The molecule has 1 heterocycles. The van der Waals surface area contributed by atoms with Gasteiger partial charge in [0.05, 0.1) is 16.8 Å². The minimum Gasteiger partial charge on any atom is -0.353 e. The van der Waals surface area contributed by atoms with Crippen LogP contribution in [0.5, 0.6) is 0 Å². The molecular formula is C14H19N3OS. The van der Waals surface area contributed by atoms with Gasteiger partial charge in [0, 0.05) is 6.04 Å². The lowest BCUT2D eigenvalue weighted by atomic mass is 10.2. The summed E-state index contributed by atoms with van der Waals surface area (Å²) < 4.78 is 0. The summed E-state index contributed by atoms with van der Waals surface area (Å²) in [7, 11) is 0. The molecule has 2 aromatic rings. The van der Waals surface area contributed by atoms with Crippen LogP contribution in [-0.4, -0.2) is 27.7 Å². The van der Waals surface area contributed by atoms with Crippen molar-refractivity contribution in [1.29, 1.82) is 0 Å². The van der Waals surface area contributed by atoms with E-state index < -0.39 is 0 Å². The Morgan fingerprint density at radius 2 is 2.32 bits per heavy atom. The number of rotatable bonds is 5. The largest absolute Gasteiger partial charge is 0.353 e. The molecule has 1 atom stereocenters. The number of hydrogen-bond acceptors (Lipinski definition) is 3. The SMILES string of the molecule is CC[C@@H](C)NC(=O)CSc1nc2ccc(C)cc2[nH]1. The van der Waals surface area contributed by atoms with Crippen molar-refractivity contribution in [2.24, 2.45) is 0 Å². The number of fused-ring (bicyclic) bond motifs is 1. The van der Waals surface area contributed by atoms with Crippen molar-refractivity contribution in [1.82, 2.24) is 15.3 Å². The van der Waals surface area contributed by atoms with Crippen LogP contribution in [0.4, 0.5) is 0 Å². The Bertz CT molecular complexity index is 579. The molecule has 1 aromatic carbocycles. The molecule has 4 nitrogen and oxygen atoms in total. The second-order valence-electron chi connectivity index (χ2n) is 4.73. The van der Waals surface area contributed by atoms with Crippen LogP contribution in [0.2, 0.25) is 0 Å². The molecular weight excluding hydrogens is 258 g/mol. The van der Waals surface area contributed by atoms with Gasteiger partial charge in [-0.15, -0.1) is 0 Å². The highest BCUT2D eigenvalue weighted by atomic mass is 32.2. The monoisotopic (exact) mass is 277 g/mol. The summed E-state index contributed by atoms with van der Waals surface area (Å²) in [6, 6.07) is 6.31. The Balaban J connectivity index is 1.96. The van der Waals surface area contributed by atoms with Gasteiger partial charge in [0.1, 0.15) is 0 Å². The summed E-state index contributed by atoms with van der Waals surface area (Å²) in [6.07, 6.45) is 0.945. The second-order valence-corrected chi connectivity index (χ2v) is 5.69. The average Bonchev–Trinajstić information content (AvgIpc) is 2.78. The highest BCUT2D eigenvalue weighted by molar-refractivity contribution is 7.99. The number of nitrogens with zero attached hydrogens (tertiary/aromatic N) is 1. The summed E-state index contributed by atoms with van der Waals surface area (Å²) in [5.41, 5.74) is 3.16. The van der Waals surface area contributed by atoms with Gasteiger partial charge in [-0.2, -0.15) is 0 Å². The maximum Gasteiger partial charge on any atom is 0.230 e. The number of imidazole rings is 1. The van der Waals surface area contributed by atoms with Crippen LogP contribution in [-0.2, 0) is 4.79 Å². The normalized spacial score (nSPS) is 12.6. The van der Waals surface area contributed by atoms with E-state index >= 15 is 0 Å². The van der Waals surface area contributed by atoms with Gasteiger partial charge >= 0.3 is 0 Å². The molecule has 0 bridgehead atoms. The zero-order valence-electron chi connectivity index (χ0n) is 11.5. The highest BCUT2D eigenvalue weighted by Crippen LogP contribution is 2.20. The first-order chi connectivity index (χ1) is 9.08. The van der Waals surface area contributed by atoms with Crippen LogP contribution >= 0.6 is 11.8 Å². The zero-order chi connectivity index (χ0) is 13.8. The van der Waals surface area contributed by atoms with Crippen LogP contribution in [0.3, 0.4) is 0 Å². The van der Waals surface area contributed by atoms with E-state index in [1.54, 1.807) is 0 Å². The van der Waals surface area contributed by atoms with E-state index in [9.17, 15) is 4.79 Å². The van der Waals surface area contributed by atoms with Crippen LogP contribution in [0, 0.1) is 6.92 Å². The first-order valence-electron chi connectivity index (χ1n) is 6.47. The predicted molar refractivity (Wildman–Crippen MR) is 79.5 cm³/mol. The van der Waals surface area contributed by atoms with Crippen LogP contribution in [0.25, 0.3) is 11.0 Å². The molecule has 1 aromatic heterocycles. The van der Waals surface area contributed by atoms with Crippen molar-refractivity contribution < 1.29 is 4.79 Å². The first-order valence-corrected chi connectivity index (χ1v) is 7.45. The third-order valence-electron chi connectivity index (χ3n) is 2.98. The number of hydrogen-bond donors (Lipinski definition) is 2. The zero-order valence-corrected chi connectivity index (χ0v) is 12.3. The van der Waals surface area contributed by atoms with Gasteiger partial charge in [-0.05, 0) is 38.0 Å². The molecule has 0 radical (unpaired) electrons. The van der Waals surface area contributed by atoms with Crippen molar-refractivity contribution in [2.45, 2.75) is 38.4 Å². The lowest BCUT2D eigenvalue weighted by Crippen LogP contribution is -2.33. The van der Waals surface area contributed by atoms with Crippen LogP contribution in [0.1, 0.15) is 25.8 Å². The Morgan fingerprint density at radius 1 is 1.53 bits per heavy atom. The minimum absolute atomic E-state index is 0.0518. The fraction of sp³-hybridized carbons (Fsp3) is 0.429. The van der Waals surface area contributed by atoms with E-state index in [0.717, 1.165) is 22.6 Å². The lowest BCUT2D eigenvalue weighted by molar-refractivity contribution is -0.119. The molecule has 19 heavy (non-hydrogen) atoms. The van der Waals surface area contributed by atoms with E-state index in [1.807, 2.05) is 26.0 Å². The molecule has 0 unspecified atom stereocenters. The molecule has 0 saturated heterocycles. The molecule has 102 valence electrons. The summed E-state index contributed by atoms with van der Waals surface area (Å²) >= 11 is 1.43. The number of carbonyl (C=O) groups excluding carboxylic acids is 1. The fourth-order valence-corrected chi connectivity index (χ4v) is 2.42. The Hall–Kier alpha value is -1.49. The van der Waals surface area contributed by atoms with Crippen molar-refractivity contribution in [3.8, 4) is 0 Å². The van der Waals surface area contributed by atoms with Gasteiger partial charge in [-0.3, -0.25) is 4.79 Å². The number of amides is 1. The second kappa shape index (κ2) is 6.10. The average molecular weight is 277 g/mol. The van der Waals surface area contributed by atoms with Crippen molar-refractivity contribution in [3.05, 3.63) is 23.8 Å². The smallest absolute Gasteiger partial charge is 0.230 e. The number of carbonyl (C=O) groups is 1. The number of benzene rings is 1. The highest BCUT2D eigenvalue weighted by Gasteiger charge is 2.08. The van der Waals surface area contributed by atoms with Gasteiger partial charge in [0.25, 0.3) is 0 Å². The van der Waals surface area contributed by atoms with Crippen LogP contribution < -0.4 is 5.32 Å². The molecule has 0 aliphatic rings. The molecule has 0 aliphatic carbocycles.